The Morgan fingerprint density at radius 2 is 1.96 bits per heavy atom. The number of guanidine groups is 1. The average Bonchev–Trinajstić information content (AvgIpc) is 3.42. The van der Waals surface area contributed by atoms with E-state index in [9.17, 15) is 8.42 Å². The molecule has 0 heterocycles. The highest BCUT2D eigenvalue weighted by atomic mass is 32.2. The van der Waals surface area contributed by atoms with E-state index in [4.69, 9.17) is 4.74 Å². The van der Waals surface area contributed by atoms with E-state index in [1.165, 1.54) is 12.8 Å². The molecule has 0 radical (unpaired) electrons. The standard InChI is InChI=1S/C20H34N4O3S/c1-20(2,3)23-28(25,26)18-9-7-6-8-17(18)14-22-19(21-4)24(5)12-13-27-15-16-10-11-16/h6-9,16,23H,10-15H2,1-5H3,(H,21,22). The van der Waals surface area contributed by atoms with Crippen molar-refractivity contribution in [2.45, 2.75) is 50.6 Å². The van der Waals surface area contributed by atoms with Gasteiger partial charge in [-0.05, 0) is 51.2 Å². The summed E-state index contributed by atoms with van der Waals surface area (Å²) in [5.74, 6) is 1.45. The van der Waals surface area contributed by atoms with Crippen molar-refractivity contribution in [3.63, 3.8) is 0 Å². The Morgan fingerprint density at radius 3 is 2.57 bits per heavy atom. The summed E-state index contributed by atoms with van der Waals surface area (Å²) in [5, 5.41) is 3.25. The molecule has 0 amide bonds. The highest BCUT2D eigenvalue weighted by Gasteiger charge is 2.24. The molecule has 1 aromatic carbocycles. The van der Waals surface area contributed by atoms with E-state index in [0.717, 1.165) is 19.1 Å². The minimum atomic E-state index is -3.61. The zero-order valence-corrected chi connectivity index (χ0v) is 18.5. The van der Waals surface area contributed by atoms with Gasteiger partial charge in [-0.2, -0.15) is 0 Å². The van der Waals surface area contributed by atoms with Gasteiger partial charge in [0, 0.05) is 39.3 Å². The maximum absolute atomic E-state index is 12.8. The number of sulfonamides is 1. The molecule has 1 aliphatic carbocycles. The fourth-order valence-electron chi connectivity index (χ4n) is 2.77. The van der Waals surface area contributed by atoms with Crippen molar-refractivity contribution in [1.29, 1.82) is 0 Å². The van der Waals surface area contributed by atoms with E-state index in [1.54, 1.807) is 19.2 Å². The molecule has 1 aromatic rings. The van der Waals surface area contributed by atoms with Gasteiger partial charge in [-0.3, -0.25) is 4.99 Å². The van der Waals surface area contributed by atoms with Crippen LogP contribution in [0.15, 0.2) is 34.2 Å². The number of aliphatic imine (C=N–C) groups is 1. The number of hydrogen-bond acceptors (Lipinski definition) is 4. The molecule has 0 unspecified atom stereocenters. The van der Waals surface area contributed by atoms with Crippen LogP contribution in [0.1, 0.15) is 39.2 Å². The number of benzene rings is 1. The van der Waals surface area contributed by atoms with Crippen LogP contribution in [0.25, 0.3) is 0 Å². The lowest BCUT2D eigenvalue weighted by atomic mass is 10.1. The Morgan fingerprint density at radius 1 is 1.29 bits per heavy atom. The summed E-state index contributed by atoms with van der Waals surface area (Å²) in [4.78, 5) is 6.56. The highest BCUT2D eigenvalue weighted by Crippen LogP contribution is 2.28. The number of ether oxygens (including phenoxy) is 1. The van der Waals surface area contributed by atoms with E-state index in [2.05, 4.69) is 15.0 Å². The van der Waals surface area contributed by atoms with Crippen LogP contribution in [0.4, 0.5) is 0 Å². The molecule has 28 heavy (non-hydrogen) atoms. The van der Waals surface area contributed by atoms with Crippen LogP contribution >= 0.6 is 0 Å². The van der Waals surface area contributed by atoms with Crippen LogP contribution in [-0.4, -0.2) is 58.7 Å². The second kappa shape index (κ2) is 9.71. The minimum absolute atomic E-state index is 0.281. The highest BCUT2D eigenvalue weighted by molar-refractivity contribution is 7.89. The number of rotatable bonds is 9. The van der Waals surface area contributed by atoms with Gasteiger partial charge in [0.2, 0.25) is 10.0 Å². The second-order valence-corrected chi connectivity index (χ2v) is 9.95. The largest absolute Gasteiger partial charge is 0.379 e. The van der Waals surface area contributed by atoms with Gasteiger partial charge in [0.15, 0.2) is 5.96 Å². The van der Waals surface area contributed by atoms with Gasteiger partial charge in [0.05, 0.1) is 11.5 Å². The van der Waals surface area contributed by atoms with Crippen LogP contribution in [0.5, 0.6) is 0 Å². The number of nitrogens with one attached hydrogen (secondary N) is 2. The normalized spacial score (nSPS) is 15.5. The lowest BCUT2D eigenvalue weighted by molar-refractivity contribution is 0.115. The van der Waals surface area contributed by atoms with Crippen LogP contribution in [-0.2, 0) is 21.3 Å². The Kier molecular flexibility index (Phi) is 7.86. The maximum atomic E-state index is 12.8. The summed E-state index contributed by atoms with van der Waals surface area (Å²) in [5.41, 5.74) is 0.148. The molecule has 1 fully saturated rings. The second-order valence-electron chi connectivity index (χ2n) is 8.30. The zero-order valence-electron chi connectivity index (χ0n) is 17.7. The smallest absolute Gasteiger partial charge is 0.241 e. The Labute approximate surface area is 169 Å². The minimum Gasteiger partial charge on any atom is -0.379 e. The van der Waals surface area contributed by atoms with E-state index in [0.29, 0.717) is 24.7 Å². The van der Waals surface area contributed by atoms with Crippen molar-refractivity contribution in [3.8, 4) is 0 Å². The Hall–Kier alpha value is -1.64. The lowest BCUT2D eigenvalue weighted by Gasteiger charge is -2.24. The molecule has 0 saturated heterocycles. The molecule has 2 rings (SSSR count). The lowest BCUT2D eigenvalue weighted by Crippen LogP contribution is -2.42. The molecular formula is C20H34N4O3S. The maximum Gasteiger partial charge on any atom is 0.241 e. The molecular weight excluding hydrogens is 376 g/mol. The van der Waals surface area contributed by atoms with Gasteiger partial charge >= 0.3 is 0 Å². The number of likely N-dealkylation sites (N-methyl/N-ethyl adjacent to an activating group) is 1. The fourth-order valence-corrected chi connectivity index (χ4v) is 4.43. The van der Waals surface area contributed by atoms with Gasteiger partial charge < -0.3 is 15.0 Å². The number of hydrogen-bond donors (Lipinski definition) is 2. The molecule has 1 aliphatic rings. The average molecular weight is 411 g/mol. The third-order valence-corrected chi connectivity index (χ3v) is 6.19. The first-order chi connectivity index (χ1) is 13.1. The Balaban J connectivity index is 1.96. The van der Waals surface area contributed by atoms with Gasteiger partial charge in [-0.1, -0.05) is 18.2 Å². The molecule has 2 N–H and O–H groups in total. The van der Waals surface area contributed by atoms with E-state index in [1.807, 2.05) is 44.9 Å². The van der Waals surface area contributed by atoms with E-state index < -0.39 is 15.6 Å². The molecule has 0 atom stereocenters. The predicted octanol–water partition coefficient (Wildman–Crippen LogP) is 2.20. The predicted molar refractivity (Wildman–Crippen MR) is 113 cm³/mol. The zero-order chi connectivity index (χ0) is 20.8. The topological polar surface area (TPSA) is 83.0 Å². The summed E-state index contributed by atoms with van der Waals surface area (Å²) < 4.78 is 33.9. The molecule has 1 saturated carbocycles. The first-order valence-corrected chi connectivity index (χ1v) is 11.2. The van der Waals surface area contributed by atoms with Crippen LogP contribution in [0.2, 0.25) is 0 Å². The van der Waals surface area contributed by atoms with E-state index in [-0.39, 0.29) is 4.90 Å². The van der Waals surface area contributed by atoms with E-state index >= 15 is 0 Å². The monoisotopic (exact) mass is 410 g/mol. The molecule has 7 nitrogen and oxygen atoms in total. The fraction of sp³-hybridized carbons (Fsp3) is 0.650. The molecule has 0 aromatic heterocycles. The third kappa shape index (κ3) is 7.41. The summed E-state index contributed by atoms with van der Waals surface area (Å²) in [6, 6.07) is 7.02. The van der Waals surface area contributed by atoms with Crippen molar-refractivity contribution >= 4 is 16.0 Å². The van der Waals surface area contributed by atoms with Gasteiger partial charge in [-0.25, -0.2) is 13.1 Å². The molecule has 0 spiro atoms. The van der Waals surface area contributed by atoms with Crippen LogP contribution in [0, 0.1) is 5.92 Å². The van der Waals surface area contributed by atoms with Crippen LogP contribution < -0.4 is 10.0 Å². The van der Waals surface area contributed by atoms with Crippen molar-refractivity contribution in [2.24, 2.45) is 10.9 Å². The summed E-state index contributed by atoms with van der Waals surface area (Å²) in [6.07, 6.45) is 2.57. The quantitative estimate of drug-likeness (QED) is 0.370. The van der Waals surface area contributed by atoms with Crippen molar-refractivity contribution in [1.82, 2.24) is 14.9 Å². The first-order valence-electron chi connectivity index (χ1n) is 9.74. The summed E-state index contributed by atoms with van der Waals surface area (Å²) >= 11 is 0. The van der Waals surface area contributed by atoms with Gasteiger partial charge in [-0.15, -0.1) is 0 Å². The van der Waals surface area contributed by atoms with Gasteiger partial charge in [0.25, 0.3) is 0 Å². The SMILES string of the molecule is CN=C(NCc1ccccc1S(=O)(=O)NC(C)(C)C)N(C)CCOCC1CC1. The summed E-state index contributed by atoms with van der Waals surface area (Å²) in [6.45, 7) is 8.05. The van der Waals surface area contributed by atoms with Crippen molar-refractivity contribution in [3.05, 3.63) is 29.8 Å². The molecule has 158 valence electrons. The third-order valence-electron chi connectivity index (χ3n) is 4.33. The Bertz CT molecular complexity index is 768. The molecule has 0 bridgehead atoms. The van der Waals surface area contributed by atoms with Crippen molar-refractivity contribution < 1.29 is 13.2 Å². The molecule has 0 aliphatic heterocycles. The van der Waals surface area contributed by atoms with Gasteiger partial charge in [0.1, 0.15) is 0 Å². The van der Waals surface area contributed by atoms with Crippen LogP contribution in [0.3, 0.4) is 0 Å². The summed E-state index contributed by atoms with van der Waals surface area (Å²) in [7, 11) is 0.0532. The number of nitrogens with zero attached hydrogens (tertiary/aromatic N) is 2. The van der Waals surface area contributed by atoms with Crippen molar-refractivity contribution in [2.75, 3.05) is 33.9 Å². The molecule has 8 heteroatoms. The first kappa shape index (κ1) is 22.6.